The van der Waals surface area contributed by atoms with Gasteiger partial charge in [-0.15, -0.1) is 13.2 Å². The third-order valence-corrected chi connectivity index (χ3v) is 7.51. The molecule has 1 aromatic heterocycles. The Hall–Kier alpha value is -2.02. The van der Waals surface area contributed by atoms with Crippen LogP contribution in [0.15, 0.2) is 60.7 Å². The molecule has 0 saturated heterocycles. The molecule has 0 aliphatic rings. The molecule has 4 nitrogen and oxygen atoms in total. The normalized spacial score (nSPS) is 12.2. The second kappa shape index (κ2) is 10.8. The van der Waals surface area contributed by atoms with Crippen LogP contribution in [0.2, 0.25) is 0 Å². The van der Waals surface area contributed by atoms with Crippen LogP contribution in [0.1, 0.15) is 43.0 Å². The van der Waals surface area contributed by atoms with Crippen LogP contribution in [0.3, 0.4) is 0 Å². The summed E-state index contributed by atoms with van der Waals surface area (Å²) >= 11 is 4.69. The molecule has 3 aromatic carbocycles. The number of alkyl halides is 5. The first-order valence-corrected chi connectivity index (χ1v) is 14.4. The van der Waals surface area contributed by atoms with Crippen molar-refractivity contribution in [3.05, 3.63) is 82.9 Å². The number of hydrogen-bond acceptors (Lipinski definition) is 3. The standard InChI is InChI=1S/C27H26F3I2N3O/c1-26(2,3)20-6-4-17(5-7-20)16-33-25-34-23-12-18(14-31)19(15-32)13-24(23)35(25)21-8-10-22(11-9-21)36-27(28,29)30/h4-13H,14-16H2,1-3H3,(H,33,34). The minimum Gasteiger partial charge on any atom is -0.406 e. The second-order valence-corrected chi connectivity index (χ2v) is 11.0. The second-order valence-electron chi connectivity index (χ2n) is 9.49. The van der Waals surface area contributed by atoms with Crippen LogP contribution < -0.4 is 10.1 Å². The van der Waals surface area contributed by atoms with E-state index in [-0.39, 0.29) is 11.2 Å². The molecule has 190 valence electrons. The first kappa shape index (κ1) is 27.0. The zero-order valence-corrected chi connectivity index (χ0v) is 24.4. The van der Waals surface area contributed by atoms with Crippen molar-refractivity contribution in [2.75, 3.05) is 5.32 Å². The quantitative estimate of drug-likeness (QED) is 0.154. The van der Waals surface area contributed by atoms with Gasteiger partial charge in [0, 0.05) is 21.1 Å². The third kappa shape index (κ3) is 6.27. The van der Waals surface area contributed by atoms with Gasteiger partial charge in [0.05, 0.1) is 11.0 Å². The van der Waals surface area contributed by atoms with Gasteiger partial charge >= 0.3 is 6.36 Å². The van der Waals surface area contributed by atoms with Gasteiger partial charge in [0.25, 0.3) is 0 Å². The minimum atomic E-state index is -4.73. The van der Waals surface area contributed by atoms with Gasteiger partial charge in [-0.3, -0.25) is 4.57 Å². The molecule has 0 radical (unpaired) electrons. The predicted octanol–water partition coefficient (Wildman–Crippen LogP) is 8.70. The highest BCUT2D eigenvalue weighted by atomic mass is 127. The summed E-state index contributed by atoms with van der Waals surface area (Å²) in [6, 6.07) is 18.6. The summed E-state index contributed by atoms with van der Waals surface area (Å²) in [6.45, 7) is 7.10. The average Bonchev–Trinajstić information content (AvgIpc) is 3.18. The van der Waals surface area contributed by atoms with E-state index in [1.54, 1.807) is 12.1 Å². The zero-order chi connectivity index (χ0) is 26.1. The number of halogens is 5. The summed E-state index contributed by atoms with van der Waals surface area (Å²) < 4.78 is 45.7. The SMILES string of the molecule is CC(C)(C)c1ccc(CNc2nc3cc(CI)c(CI)cc3n2-c2ccc(OC(F)(F)F)cc2)cc1. The van der Waals surface area contributed by atoms with Crippen molar-refractivity contribution in [2.24, 2.45) is 0 Å². The van der Waals surface area contributed by atoms with Gasteiger partial charge in [0.2, 0.25) is 5.95 Å². The molecule has 0 bridgehead atoms. The highest BCUT2D eigenvalue weighted by Crippen LogP contribution is 2.31. The molecule has 9 heteroatoms. The van der Waals surface area contributed by atoms with Crippen molar-refractivity contribution in [1.29, 1.82) is 0 Å². The molecule has 4 rings (SSSR count). The topological polar surface area (TPSA) is 39.1 Å². The number of benzene rings is 3. The molecule has 0 saturated carbocycles. The van der Waals surface area contributed by atoms with E-state index >= 15 is 0 Å². The van der Waals surface area contributed by atoms with Gasteiger partial charge in [0.15, 0.2) is 0 Å². The Morgan fingerprint density at radius 3 is 2.06 bits per heavy atom. The molecule has 0 spiro atoms. The molecule has 0 amide bonds. The maximum absolute atomic E-state index is 12.6. The third-order valence-electron chi connectivity index (χ3n) is 5.86. The van der Waals surface area contributed by atoms with Crippen LogP contribution in [-0.2, 0) is 20.8 Å². The molecule has 1 heterocycles. The van der Waals surface area contributed by atoms with Crippen molar-refractivity contribution in [3.63, 3.8) is 0 Å². The molecule has 0 unspecified atom stereocenters. The van der Waals surface area contributed by atoms with Crippen LogP contribution in [0.4, 0.5) is 19.1 Å². The Bertz CT molecular complexity index is 1340. The molecule has 0 aliphatic heterocycles. The lowest BCUT2D eigenvalue weighted by Crippen LogP contribution is -2.17. The summed E-state index contributed by atoms with van der Waals surface area (Å²) in [5, 5.41) is 3.44. The van der Waals surface area contributed by atoms with E-state index in [1.807, 2.05) is 4.57 Å². The van der Waals surface area contributed by atoms with Crippen LogP contribution in [-0.4, -0.2) is 15.9 Å². The Morgan fingerprint density at radius 1 is 0.889 bits per heavy atom. The lowest BCUT2D eigenvalue weighted by molar-refractivity contribution is -0.274. The number of nitrogens with zero attached hydrogens (tertiary/aromatic N) is 2. The van der Waals surface area contributed by atoms with Gasteiger partial charge in [0.1, 0.15) is 5.75 Å². The molecule has 0 atom stereocenters. The number of aromatic nitrogens is 2. The zero-order valence-electron chi connectivity index (χ0n) is 20.1. The Labute approximate surface area is 235 Å². The fourth-order valence-corrected chi connectivity index (χ4v) is 5.36. The first-order valence-electron chi connectivity index (χ1n) is 11.3. The molecule has 36 heavy (non-hydrogen) atoms. The summed E-state index contributed by atoms with van der Waals surface area (Å²) in [4.78, 5) is 4.86. The minimum absolute atomic E-state index is 0.0780. The number of nitrogens with one attached hydrogen (secondary N) is 1. The van der Waals surface area contributed by atoms with Gasteiger partial charge in [-0.25, -0.2) is 4.98 Å². The monoisotopic (exact) mass is 719 g/mol. The van der Waals surface area contributed by atoms with E-state index in [2.05, 4.69) is 112 Å². The van der Waals surface area contributed by atoms with Gasteiger partial charge in [-0.2, -0.15) is 0 Å². The van der Waals surface area contributed by atoms with Crippen LogP contribution in [0, 0.1) is 0 Å². The van der Waals surface area contributed by atoms with E-state index in [1.165, 1.54) is 28.8 Å². The largest absolute Gasteiger partial charge is 0.573 e. The van der Waals surface area contributed by atoms with E-state index < -0.39 is 6.36 Å². The predicted molar refractivity (Wildman–Crippen MR) is 156 cm³/mol. The Kier molecular flexibility index (Phi) is 8.08. The maximum atomic E-state index is 12.6. The Balaban J connectivity index is 1.72. The lowest BCUT2D eigenvalue weighted by atomic mass is 9.87. The Morgan fingerprint density at radius 2 is 1.50 bits per heavy atom. The molecule has 1 N–H and O–H groups in total. The molecular formula is C27H26F3I2N3O. The van der Waals surface area contributed by atoms with Gasteiger partial charge in [-0.1, -0.05) is 90.2 Å². The number of rotatable bonds is 7. The lowest BCUT2D eigenvalue weighted by Gasteiger charge is -2.19. The average molecular weight is 719 g/mol. The van der Waals surface area contributed by atoms with Crippen LogP contribution in [0.25, 0.3) is 16.7 Å². The molecule has 0 aliphatic carbocycles. The highest BCUT2D eigenvalue weighted by molar-refractivity contribution is 14.1. The van der Waals surface area contributed by atoms with E-state index in [4.69, 9.17) is 4.98 Å². The van der Waals surface area contributed by atoms with Crippen LogP contribution in [0.5, 0.6) is 5.75 Å². The summed E-state index contributed by atoms with van der Waals surface area (Å²) in [5.74, 6) is 0.365. The van der Waals surface area contributed by atoms with Crippen molar-refractivity contribution < 1.29 is 17.9 Å². The van der Waals surface area contributed by atoms with E-state index in [0.29, 0.717) is 18.2 Å². The summed E-state index contributed by atoms with van der Waals surface area (Å²) in [7, 11) is 0. The van der Waals surface area contributed by atoms with Crippen molar-refractivity contribution in [3.8, 4) is 11.4 Å². The molecule has 0 fully saturated rings. The number of imidazole rings is 1. The summed E-state index contributed by atoms with van der Waals surface area (Å²) in [5.41, 5.74) is 7.30. The first-order chi connectivity index (χ1) is 17.0. The van der Waals surface area contributed by atoms with E-state index in [9.17, 15) is 13.2 Å². The van der Waals surface area contributed by atoms with Gasteiger partial charge in [-0.05, 0) is 64.1 Å². The number of anilines is 1. The smallest absolute Gasteiger partial charge is 0.406 e. The van der Waals surface area contributed by atoms with Gasteiger partial charge < -0.3 is 10.1 Å². The maximum Gasteiger partial charge on any atom is 0.573 e. The van der Waals surface area contributed by atoms with Crippen molar-refractivity contribution in [1.82, 2.24) is 9.55 Å². The fourth-order valence-electron chi connectivity index (χ4n) is 3.94. The molecule has 4 aromatic rings. The van der Waals surface area contributed by atoms with Crippen LogP contribution >= 0.6 is 45.2 Å². The summed E-state index contributed by atoms with van der Waals surface area (Å²) in [6.07, 6.45) is -4.73. The van der Waals surface area contributed by atoms with Crippen molar-refractivity contribution >= 4 is 62.2 Å². The van der Waals surface area contributed by atoms with Crippen molar-refractivity contribution in [2.45, 2.75) is 47.9 Å². The molecular weight excluding hydrogens is 693 g/mol. The van der Waals surface area contributed by atoms with E-state index in [0.717, 1.165) is 25.5 Å². The number of fused-ring (bicyclic) bond motifs is 1. The fraction of sp³-hybridized carbons (Fsp3) is 0.296. The highest BCUT2D eigenvalue weighted by Gasteiger charge is 2.31. The number of hydrogen-bond donors (Lipinski definition) is 1. The number of ether oxygens (including phenoxy) is 1.